The normalized spacial score (nSPS) is 15.5. The highest BCUT2D eigenvalue weighted by Crippen LogP contribution is 2.38. The number of aliphatic hydroxyl groups excluding tert-OH is 1. The van der Waals surface area contributed by atoms with E-state index in [1.165, 1.54) is 0 Å². The molecular formula is C22H22ClN5O2. The number of allylic oxidation sites excluding steroid dienone is 1. The summed E-state index contributed by atoms with van der Waals surface area (Å²) in [5, 5.41) is 20.5. The lowest BCUT2D eigenvalue weighted by atomic mass is 9.95. The van der Waals surface area contributed by atoms with Gasteiger partial charge in [-0.25, -0.2) is 4.68 Å². The minimum absolute atomic E-state index is 0.0628. The Balaban J connectivity index is 1.78. The second-order valence-electron chi connectivity index (χ2n) is 7.03. The van der Waals surface area contributed by atoms with Gasteiger partial charge in [0.25, 0.3) is 5.91 Å². The Labute approximate surface area is 179 Å². The summed E-state index contributed by atoms with van der Waals surface area (Å²) in [5.74, 6) is 0.900. The van der Waals surface area contributed by atoms with Crippen molar-refractivity contribution in [3.63, 3.8) is 0 Å². The van der Waals surface area contributed by atoms with Crippen LogP contribution >= 0.6 is 11.6 Å². The fourth-order valence-corrected chi connectivity index (χ4v) is 3.78. The molecule has 3 N–H and O–H groups in total. The number of anilines is 2. The molecule has 0 unspecified atom stereocenters. The van der Waals surface area contributed by atoms with Crippen molar-refractivity contribution in [3.05, 3.63) is 82.3 Å². The predicted molar refractivity (Wildman–Crippen MR) is 116 cm³/mol. The number of amides is 1. The zero-order chi connectivity index (χ0) is 21.1. The summed E-state index contributed by atoms with van der Waals surface area (Å²) in [6.07, 6.45) is 1.10. The van der Waals surface area contributed by atoms with Gasteiger partial charge in [0.1, 0.15) is 6.04 Å². The monoisotopic (exact) mass is 423 g/mol. The average molecular weight is 424 g/mol. The molecule has 0 saturated heterocycles. The van der Waals surface area contributed by atoms with E-state index in [1.54, 1.807) is 10.7 Å². The van der Waals surface area contributed by atoms with E-state index >= 15 is 0 Å². The van der Waals surface area contributed by atoms with Gasteiger partial charge < -0.3 is 15.7 Å². The van der Waals surface area contributed by atoms with Gasteiger partial charge in [-0.05, 0) is 31.5 Å². The summed E-state index contributed by atoms with van der Waals surface area (Å²) in [6.45, 7) is 1.91. The van der Waals surface area contributed by atoms with Crippen molar-refractivity contribution < 1.29 is 9.90 Å². The molecule has 7 nitrogen and oxygen atoms in total. The van der Waals surface area contributed by atoms with Crippen LogP contribution in [0.15, 0.2) is 65.9 Å². The SMILES string of the molecule is CC1=C(C(=O)Nc2ccccc2)[C@H](c2ccccc2Cl)n2nc(CCCO)nc2N1. The largest absolute Gasteiger partial charge is 0.396 e. The van der Waals surface area contributed by atoms with E-state index in [0.717, 1.165) is 5.56 Å². The van der Waals surface area contributed by atoms with E-state index in [4.69, 9.17) is 16.7 Å². The number of para-hydroxylation sites is 1. The molecule has 4 rings (SSSR count). The van der Waals surface area contributed by atoms with Gasteiger partial charge in [0.05, 0.1) is 5.57 Å². The van der Waals surface area contributed by atoms with Crippen molar-refractivity contribution >= 4 is 29.1 Å². The molecule has 0 bridgehead atoms. The molecule has 0 aliphatic carbocycles. The molecule has 154 valence electrons. The minimum Gasteiger partial charge on any atom is -0.396 e. The number of carbonyl (C=O) groups excluding carboxylic acids is 1. The molecule has 1 aromatic heterocycles. The maximum Gasteiger partial charge on any atom is 0.255 e. The van der Waals surface area contributed by atoms with Gasteiger partial charge in [-0.1, -0.05) is 48.0 Å². The second kappa shape index (κ2) is 8.69. The third kappa shape index (κ3) is 3.94. The summed E-state index contributed by atoms with van der Waals surface area (Å²) in [6, 6.07) is 16.2. The maximum absolute atomic E-state index is 13.3. The second-order valence-corrected chi connectivity index (χ2v) is 7.44. The first-order valence-electron chi connectivity index (χ1n) is 9.73. The number of rotatable bonds is 6. The first-order valence-corrected chi connectivity index (χ1v) is 10.1. The molecule has 0 spiro atoms. The topological polar surface area (TPSA) is 92.1 Å². The molecule has 1 aliphatic heterocycles. The number of benzene rings is 2. The van der Waals surface area contributed by atoms with Gasteiger partial charge in [0.15, 0.2) is 5.82 Å². The van der Waals surface area contributed by atoms with Crippen LogP contribution in [0.2, 0.25) is 5.02 Å². The van der Waals surface area contributed by atoms with Crippen LogP contribution in [0.4, 0.5) is 11.6 Å². The number of carbonyl (C=O) groups is 1. The highest BCUT2D eigenvalue weighted by molar-refractivity contribution is 6.31. The molecule has 1 atom stereocenters. The van der Waals surface area contributed by atoms with Crippen LogP contribution in [0.1, 0.15) is 30.8 Å². The molecule has 0 fully saturated rings. The third-order valence-electron chi connectivity index (χ3n) is 4.93. The van der Waals surface area contributed by atoms with Gasteiger partial charge in [0.2, 0.25) is 5.95 Å². The average Bonchev–Trinajstić information content (AvgIpc) is 3.14. The quantitative estimate of drug-likeness (QED) is 0.561. The number of halogens is 1. The van der Waals surface area contributed by atoms with E-state index in [0.29, 0.717) is 46.6 Å². The number of aromatic nitrogens is 3. The van der Waals surface area contributed by atoms with E-state index < -0.39 is 6.04 Å². The van der Waals surface area contributed by atoms with E-state index in [9.17, 15) is 4.79 Å². The van der Waals surface area contributed by atoms with Crippen LogP contribution in [0.25, 0.3) is 0 Å². The first kappa shape index (κ1) is 20.1. The predicted octanol–water partition coefficient (Wildman–Crippen LogP) is 3.78. The Morgan fingerprint density at radius 3 is 2.67 bits per heavy atom. The van der Waals surface area contributed by atoms with Crippen molar-refractivity contribution in [2.45, 2.75) is 25.8 Å². The Morgan fingerprint density at radius 2 is 1.93 bits per heavy atom. The summed E-state index contributed by atoms with van der Waals surface area (Å²) < 4.78 is 1.70. The highest BCUT2D eigenvalue weighted by atomic mass is 35.5. The van der Waals surface area contributed by atoms with Crippen LogP contribution in [0, 0.1) is 0 Å². The summed E-state index contributed by atoms with van der Waals surface area (Å²) in [7, 11) is 0. The van der Waals surface area contributed by atoms with E-state index in [2.05, 4.69) is 20.7 Å². The number of fused-ring (bicyclic) bond motifs is 1. The minimum atomic E-state index is -0.533. The summed E-state index contributed by atoms with van der Waals surface area (Å²) in [4.78, 5) is 17.9. The van der Waals surface area contributed by atoms with Gasteiger partial charge >= 0.3 is 0 Å². The molecular weight excluding hydrogens is 402 g/mol. The van der Waals surface area contributed by atoms with Crippen molar-refractivity contribution in [2.24, 2.45) is 0 Å². The lowest BCUT2D eigenvalue weighted by molar-refractivity contribution is -0.113. The molecule has 2 heterocycles. The zero-order valence-electron chi connectivity index (χ0n) is 16.5. The third-order valence-corrected chi connectivity index (χ3v) is 5.28. The van der Waals surface area contributed by atoms with Gasteiger partial charge in [-0.3, -0.25) is 4.79 Å². The fourth-order valence-electron chi connectivity index (χ4n) is 3.54. The van der Waals surface area contributed by atoms with Gasteiger partial charge in [0, 0.05) is 35.0 Å². The zero-order valence-corrected chi connectivity index (χ0v) is 17.2. The van der Waals surface area contributed by atoms with Crippen LogP contribution in [0.5, 0.6) is 0 Å². The Morgan fingerprint density at radius 1 is 1.20 bits per heavy atom. The molecule has 0 saturated carbocycles. The van der Waals surface area contributed by atoms with Crippen LogP contribution in [-0.4, -0.2) is 32.4 Å². The Hall–Kier alpha value is -3.16. The number of hydrogen-bond acceptors (Lipinski definition) is 5. The van der Waals surface area contributed by atoms with Crippen LogP contribution in [0.3, 0.4) is 0 Å². The number of aryl methyl sites for hydroxylation is 1. The van der Waals surface area contributed by atoms with Crippen LogP contribution < -0.4 is 10.6 Å². The van der Waals surface area contributed by atoms with Crippen molar-refractivity contribution in [3.8, 4) is 0 Å². The Kier molecular flexibility index (Phi) is 5.83. The number of nitrogens with zero attached hydrogens (tertiary/aromatic N) is 3. The molecule has 8 heteroatoms. The molecule has 30 heavy (non-hydrogen) atoms. The Bertz CT molecular complexity index is 1090. The van der Waals surface area contributed by atoms with E-state index in [1.807, 2.05) is 55.5 Å². The molecule has 1 aliphatic rings. The number of hydrogen-bond donors (Lipinski definition) is 3. The lowest BCUT2D eigenvalue weighted by Gasteiger charge is -2.29. The molecule has 2 aromatic carbocycles. The molecule has 3 aromatic rings. The molecule has 1 amide bonds. The highest BCUT2D eigenvalue weighted by Gasteiger charge is 2.35. The maximum atomic E-state index is 13.3. The lowest BCUT2D eigenvalue weighted by Crippen LogP contribution is -2.31. The van der Waals surface area contributed by atoms with Crippen molar-refractivity contribution in [1.82, 2.24) is 14.8 Å². The van der Waals surface area contributed by atoms with Crippen LogP contribution in [-0.2, 0) is 11.2 Å². The summed E-state index contributed by atoms with van der Waals surface area (Å²) in [5.41, 5.74) is 2.66. The number of aliphatic hydroxyl groups is 1. The van der Waals surface area contributed by atoms with Gasteiger partial charge in [-0.15, -0.1) is 0 Å². The smallest absolute Gasteiger partial charge is 0.255 e. The van der Waals surface area contributed by atoms with Crippen molar-refractivity contribution in [2.75, 3.05) is 17.2 Å². The number of nitrogens with one attached hydrogen (secondary N) is 2. The van der Waals surface area contributed by atoms with E-state index in [-0.39, 0.29) is 12.5 Å². The fraction of sp³-hybridized carbons (Fsp3) is 0.227. The standard InChI is InChI=1S/C22H22ClN5O2/c1-14-19(21(30)25-15-8-3-2-4-9-15)20(16-10-5-6-11-17(16)23)28-22(24-14)26-18(27-28)12-7-13-29/h2-6,8-11,20,29H,7,12-13H2,1H3,(H,25,30)(H,24,26,27)/t20-/m0/s1. The first-order chi connectivity index (χ1) is 14.6. The molecule has 0 radical (unpaired) electrons. The summed E-state index contributed by atoms with van der Waals surface area (Å²) >= 11 is 6.52. The van der Waals surface area contributed by atoms with Crippen molar-refractivity contribution in [1.29, 1.82) is 0 Å². The van der Waals surface area contributed by atoms with Gasteiger partial charge in [-0.2, -0.15) is 10.1 Å².